The van der Waals surface area contributed by atoms with Crippen LogP contribution in [0.4, 0.5) is 0 Å². The van der Waals surface area contributed by atoms with Crippen LogP contribution in [0.25, 0.3) is 0 Å². The van der Waals surface area contributed by atoms with E-state index in [1.54, 1.807) is 17.4 Å². The first-order chi connectivity index (χ1) is 19.5. The van der Waals surface area contributed by atoms with E-state index >= 15 is 0 Å². The second-order valence-electron chi connectivity index (χ2n) is 11.3. The van der Waals surface area contributed by atoms with Crippen LogP contribution in [0.2, 0.25) is 0 Å². The minimum absolute atomic E-state index is 0.0157. The lowest BCUT2D eigenvalue weighted by atomic mass is 9.95. The van der Waals surface area contributed by atoms with Gasteiger partial charge >= 0.3 is 0 Å². The highest BCUT2D eigenvalue weighted by Crippen LogP contribution is 2.37. The average molecular weight is 559 g/mol. The molecule has 0 bridgehead atoms. The van der Waals surface area contributed by atoms with Crippen LogP contribution < -0.4 is 15.4 Å². The number of likely N-dealkylation sites (tertiary alicyclic amines) is 1. The van der Waals surface area contributed by atoms with Crippen LogP contribution in [0.5, 0.6) is 5.75 Å². The highest BCUT2D eigenvalue weighted by atomic mass is 32.1. The zero-order valence-corrected chi connectivity index (χ0v) is 24.0. The third-order valence-corrected chi connectivity index (χ3v) is 9.42. The zero-order chi connectivity index (χ0) is 27.5. The van der Waals surface area contributed by atoms with Crippen molar-refractivity contribution in [3.05, 3.63) is 80.8 Å². The van der Waals surface area contributed by atoms with Gasteiger partial charge in [-0.05, 0) is 82.5 Å². The van der Waals surface area contributed by atoms with E-state index in [0.29, 0.717) is 36.1 Å². The van der Waals surface area contributed by atoms with E-state index in [4.69, 9.17) is 9.72 Å². The molecule has 2 saturated heterocycles. The second-order valence-corrected chi connectivity index (χ2v) is 12.2. The van der Waals surface area contributed by atoms with Crippen molar-refractivity contribution in [2.24, 2.45) is 0 Å². The molecule has 4 heterocycles. The Morgan fingerprint density at radius 1 is 1.18 bits per heavy atom. The summed E-state index contributed by atoms with van der Waals surface area (Å²) in [6.45, 7) is 4.31. The molecular formula is C32H38N4O3S. The van der Waals surface area contributed by atoms with E-state index in [-0.39, 0.29) is 23.9 Å². The number of aryl methyl sites for hydroxylation is 1. The van der Waals surface area contributed by atoms with Crippen molar-refractivity contribution in [3.63, 3.8) is 0 Å². The molecule has 0 saturated carbocycles. The van der Waals surface area contributed by atoms with Gasteiger partial charge in [-0.15, -0.1) is 11.3 Å². The van der Waals surface area contributed by atoms with Gasteiger partial charge < -0.3 is 20.3 Å². The minimum atomic E-state index is -0.154. The van der Waals surface area contributed by atoms with Crippen LogP contribution in [0.15, 0.2) is 47.8 Å². The summed E-state index contributed by atoms with van der Waals surface area (Å²) in [5, 5.41) is 9.93. The topological polar surface area (TPSA) is 83.6 Å². The van der Waals surface area contributed by atoms with Gasteiger partial charge in [0.1, 0.15) is 10.8 Å². The summed E-state index contributed by atoms with van der Waals surface area (Å²) in [5.74, 6) is 0.487. The summed E-state index contributed by atoms with van der Waals surface area (Å²) >= 11 is 1.62. The molecule has 2 fully saturated rings. The Balaban J connectivity index is 1.27. The van der Waals surface area contributed by atoms with Gasteiger partial charge in [-0.25, -0.2) is 4.98 Å². The number of carbonyl (C=O) groups excluding carboxylic acids is 2. The maximum Gasteiger partial charge on any atom is 0.254 e. The molecule has 7 nitrogen and oxygen atoms in total. The molecule has 3 aliphatic rings. The highest BCUT2D eigenvalue weighted by Gasteiger charge is 2.35. The first-order valence-corrected chi connectivity index (χ1v) is 15.5. The second kappa shape index (κ2) is 12.1. The number of nitrogens with one attached hydrogen (secondary N) is 2. The molecule has 8 heteroatoms. The third-order valence-electron chi connectivity index (χ3n) is 8.36. The summed E-state index contributed by atoms with van der Waals surface area (Å²) in [6.07, 6.45) is 7.43. The van der Waals surface area contributed by atoms with E-state index in [1.165, 1.54) is 12.0 Å². The number of fused-ring (bicyclic) bond motifs is 1. The van der Waals surface area contributed by atoms with E-state index < -0.39 is 0 Å². The molecule has 1 aromatic heterocycles. The van der Waals surface area contributed by atoms with Gasteiger partial charge in [-0.2, -0.15) is 0 Å². The van der Waals surface area contributed by atoms with Gasteiger partial charge in [-0.3, -0.25) is 9.59 Å². The Morgan fingerprint density at radius 3 is 2.83 bits per heavy atom. The van der Waals surface area contributed by atoms with Crippen molar-refractivity contribution in [1.82, 2.24) is 20.5 Å². The molecule has 6 rings (SSSR count). The lowest BCUT2D eigenvalue weighted by Crippen LogP contribution is -2.41. The molecule has 0 radical (unpaired) electrons. The predicted molar refractivity (Wildman–Crippen MR) is 157 cm³/mol. The van der Waals surface area contributed by atoms with Crippen LogP contribution in [-0.4, -0.2) is 53.5 Å². The van der Waals surface area contributed by atoms with Gasteiger partial charge in [0.2, 0.25) is 0 Å². The Labute approximate surface area is 240 Å². The summed E-state index contributed by atoms with van der Waals surface area (Å²) < 4.78 is 6.02. The van der Waals surface area contributed by atoms with E-state index in [0.717, 1.165) is 67.8 Å². The Morgan fingerprint density at radius 2 is 2.05 bits per heavy atom. The molecule has 0 spiro atoms. The number of amides is 2. The Bertz CT molecular complexity index is 1350. The van der Waals surface area contributed by atoms with Gasteiger partial charge in [0, 0.05) is 46.4 Å². The number of ether oxygens (including phenoxy) is 1. The maximum absolute atomic E-state index is 14.1. The smallest absolute Gasteiger partial charge is 0.254 e. The number of benzene rings is 2. The summed E-state index contributed by atoms with van der Waals surface area (Å²) in [5.41, 5.74) is 4.20. The fourth-order valence-corrected chi connectivity index (χ4v) is 7.34. The third kappa shape index (κ3) is 5.93. The van der Waals surface area contributed by atoms with Crippen LogP contribution in [0.1, 0.15) is 87.1 Å². The van der Waals surface area contributed by atoms with Crippen LogP contribution >= 0.6 is 11.3 Å². The number of hydrogen-bond acceptors (Lipinski definition) is 6. The number of rotatable bonds is 8. The normalized spacial score (nSPS) is 21.1. The zero-order valence-electron chi connectivity index (χ0n) is 23.2. The van der Waals surface area contributed by atoms with E-state index in [1.807, 2.05) is 41.5 Å². The van der Waals surface area contributed by atoms with Crippen molar-refractivity contribution < 1.29 is 14.3 Å². The molecule has 3 aromatic rings. The number of carbonyl (C=O) groups is 2. The van der Waals surface area contributed by atoms with Crippen LogP contribution in [0.3, 0.4) is 0 Å². The predicted octanol–water partition coefficient (Wildman–Crippen LogP) is 5.24. The summed E-state index contributed by atoms with van der Waals surface area (Å²) in [4.78, 5) is 34.5. The maximum atomic E-state index is 14.1. The van der Waals surface area contributed by atoms with Crippen molar-refractivity contribution in [2.45, 2.75) is 76.4 Å². The first-order valence-electron chi connectivity index (χ1n) is 14.7. The number of nitrogens with zero attached hydrogens (tertiary/aromatic N) is 2. The molecular weight excluding hydrogens is 520 g/mol. The van der Waals surface area contributed by atoms with Crippen LogP contribution in [-0.2, 0) is 12.8 Å². The first kappa shape index (κ1) is 27.0. The molecule has 3 atom stereocenters. The highest BCUT2D eigenvalue weighted by molar-refractivity contribution is 7.09. The molecule has 210 valence electrons. The van der Waals surface area contributed by atoms with Gasteiger partial charge in [0.05, 0.1) is 12.6 Å². The van der Waals surface area contributed by atoms with E-state index in [9.17, 15) is 9.59 Å². The quantitative estimate of drug-likeness (QED) is 0.395. The van der Waals surface area contributed by atoms with Crippen molar-refractivity contribution in [2.75, 3.05) is 19.7 Å². The van der Waals surface area contributed by atoms with Gasteiger partial charge in [-0.1, -0.05) is 30.3 Å². The molecule has 2 aromatic carbocycles. The fraction of sp³-hybridized carbons (Fsp3) is 0.469. The summed E-state index contributed by atoms with van der Waals surface area (Å²) in [6, 6.07) is 14.3. The molecule has 0 unspecified atom stereocenters. The monoisotopic (exact) mass is 558 g/mol. The van der Waals surface area contributed by atoms with Gasteiger partial charge in [0.25, 0.3) is 11.8 Å². The molecule has 2 amide bonds. The Hall–Kier alpha value is -3.23. The lowest BCUT2D eigenvalue weighted by Gasteiger charge is -2.27. The standard InChI is InChI=1S/C32H38N4O3S/c1-21-20-40-31(34-21)28-12-6-14-36(28)32(38)27-17-23(18-29-26(27)11-7-15-39-29)30(37)35-25(19-24-10-5-13-33-24)16-22-8-3-2-4-9-22/h2-4,8-9,17-18,20,24-25,28,33H,5-7,10-16,19H2,1H3,(H,35,37)/t24-,25+,28-/m1/s1. The molecule has 40 heavy (non-hydrogen) atoms. The fourth-order valence-electron chi connectivity index (χ4n) is 6.39. The largest absolute Gasteiger partial charge is 0.493 e. The SMILES string of the molecule is Cc1csc([C@H]2CCCN2C(=O)c2cc(C(=O)N[C@@H](Cc3ccccc3)C[C@H]3CCCN3)cc3c2CCCO3)n1. The molecule has 3 aliphatic heterocycles. The van der Waals surface area contributed by atoms with Crippen molar-refractivity contribution in [1.29, 1.82) is 0 Å². The number of hydrogen-bond donors (Lipinski definition) is 2. The van der Waals surface area contributed by atoms with E-state index in [2.05, 4.69) is 22.8 Å². The molecule has 2 N–H and O–H groups in total. The minimum Gasteiger partial charge on any atom is -0.493 e. The average Bonchev–Trinajstić information content (AvgIpc) is 3.75. The van der Waals surface area contributed by atoms with Crippen LogP contribution in [0, 0.1) is 6.92 Å². The number of aromatic nitrogens is 1. The molecule has 0 aliphatic carbocycles. The summed E-state index contributed by atoms with van der Waals surface area (Å²) in [7, 11) is 0. The van der Waals surface area contributed by atoms with Crippen molar-refractivity contribution >= 4 is 23.2 Å². The number of thiazole rings is 1. The Kier molecular flexibility index (Phi) is 8.16. The van der Waals surface area contributed by atoms with Gasteiger partial charge in [0.15, 0.2) is 0 Å². The van der Waals surface area contributed by atoms with Crippen molar-refractivity contribution in [3.8, 4) is 5.75 Å². The lowest BCUT2D eigenvalue weighted by molar-refractivity contribution is 0.0733.